The fourth-order valence-electron chi connectivity index (χ4n) is 7.10. The molecule has 0 fully saturated rings. The first-order valence-electron chi connectivity index (χ1n) is 17.1. The van der Waals surface area contributed by atoms with Crippen LogP contribution < -0.4 is 9.80 Å². The molecule has 0 aliphatic rings. The number of anilines is 6. The van der Waals surface area contributed by atoms with Crippen molar-refractivity contribution in [2.75, 3.05) is 9.80 Å². The minimum atomic E-state index is 1.12. The second-order valence-corrected chi connectivity index (χ2v) is 12.7. The lowest BCUT2D eigenvalue weighted by Gasteiger charge is -2.27. The van der Waals surface area contributed by atoms with Crippen LogP contribution in [0.15, 0.2) is 206 Å². The highest BCUT2D eigenvalue weighted by atomic mass is 15.1. The average Bonchev–Trinajstić information content (AvgIpc) is 3.19. The highest BCUT2D eigenvalue weighted by Gasteiger charge is 2.16. The summed E-state index contributed by atoms with van der Waals surface area (Å²) in [5, 5.41) is 7.34. The van der Waals surface area contributed by atoms with Crippen LogP contribution in [0.1, 0.15) is 0 Å². The molecule has 2 heteroatoms. The maximum atomic E-state index is 2.36. The minimum Gasteiger partial charge on any atom is -0.310 e. The van der Waals surface area contributed by atoms with E-state index in [2.05, 4.69) is 216 Å². The van der Waals surface area contributed by atoms with Crippen molar-refractivity contribution in [3.63, 3.8) is 0 Å². The van der Waals surface area contributed by atoms with Crippen molar-refractivity contribution in [1.82, 2.24) is 0 Å². The Morgan fingerprint density at radius 1 is 0.240 bits per heavy atom. The number of para-hydroxylation sites is 2. The first kappa shape index (κ1) is 29.5. The lowest BCUT2D eigenvalue weighted by atomic mass is 9.99. The van der Waals surface area contributed by atoms with Crippen LogP contribution in [0, 0.1) is 0 Å². The number of benzene rings is 9. The minimum absolute atomic E-state index is 1.12. The Kier molecular flexibility index (Phi) is 7.53. The van der Waals surface area contributed by atoms with E-state index in [0.717, 1.165) is 28.4 Å². The van der Waals surface area contributed by atoms with E-state index in [1.807, 2.05) is 0 Å². The number of hydrogen-bond donors (Lipinski definition) is 0. The van der Waals surface area contributed by atoms with Crippen molar-refractivity contribution in [2.45, 2.75) is 0 Å². The van der Waals surface area contributed by atoms with E-state index in [9.17, 15) is 0 Å². The van der Waals surface area contributed by atoms with Gasteiger partial charge in [0.2, 0.25) is 0 Å². The van der Waals surface area contributed by atoms with Crippen LogP contribution in [0.25, 0.3) is 43.4 Å². The Labute approximate surface area is 292 Å². The molecular weight excluding hydrogens is 605 g/mol. The smallest absolute Gasteiger partial charge is 0.0540 e. The second kappa shape index (κ2) is 12.8. The van der Waals surface area contributed by atoms with Crippen molar-refractivity contribution in [3.05, 3.63) is 206 Å². The van der Waals surface area contributed by atoms with Gasteiger partial charge in [0.1, 0.15) is 0 Å². The predicted molar refractivity (Wildman–Crippen MR) is 214 cm³/mol. The van der Waals surface area contributed by atoms with E-state index in [-0.39, 0.29) is 0 Å². The van der Waals surface area contributed by atoms with Crippen molar-refractivity contribution in [2.24, 2.45) is 0 Å². The van der Waals surface area contributed by atoms with Gasteiger partial charge in [0, 0.05) is 33.8 Å². The largest absolute Gasteiger partial charge is 0.310 e. The summed E-state index contributed by atoms with van der Waals surface area (Å²) in [6.07, 6.45) is 0. The quantitative estimate of drug-likeness (QED) is 0.171. The monoisotopic (exact) mass is 638 g/mol. The molecule has 9 aromatic carbocycles. The fraction of sp³-hybridized carbons (Fsp3) is 0. The number of rotatable bonds is 7. The van der Waals surface area contributed by atoms with Gasteiger partial charge in [0.15, 0.2) is 0 Å². The van der Waals surface area contributed by atoms with Gasteiger partial charge in [-0.15, -0.1) is 0 Å². The Bertz CT molecular complexity index is 2590. The van der Waals surface area contributed by atoms with Gasteiger partial charge in [-0.2, -0.15) is 0 Å². The topological polar surface area (TPSA) is 6.48 Å². The van der Waals surface area contributed by atoms with Gasteiger partial charge in [0.05, 0.1) is 5.69 Å². The Morgan fingerprint density at radius 2 is 0.700 bits per heavy atom. The first-order chi connectivity index (χ1) is 24.8. The number of nitrogens with zero attached hydrogens (tertiary/aromatic N) is 2. The number of hydrogen-bond acceptors (Lipinski definition) is 2. The number of fused-ring (bicyclic) bond motifs is 3. The molecule has 0 aliphatic carbocycles. The van der Waals surface area contributed by atoms with E-state index in [4.69, 9.17) is 0 Å². The highest BCUT2D eigenvalue weighted by molar-refractivity contribution is 6.00. The van der Waals surface area contributed by atoms with Gasteiger partial charge < -0.3 is 9.80 Å². The highest BCUT2D eigenvalue weighted by Crippen LogP contribution is 2.41. The van der Waals surface area contributed by atoms with Gasteiger partial charge in [-0.25, -0.2) is 0 Å². The summed E-state index contributed by atoms with van der Waals surface area (Å²) >= 11 is 0. The zero-order valence-corrected chi connectivity index (χ0v) is 27.5. The van der Waals surface area contributed by atoms with Crippen LogP contribution in [-0.4, -0.2) is 0 Å². The van der Waals surface area contributed by atoms with E-state index < -0.39 is 0 Å². The second-order valence-electron chi connectivity index (χ2n) is 12.7. The summed E-state index contributed by atoms with van der Waals surface area (Å²) in [5.74, 6) is 0. The van der Waals surface area contributed by atoms with Crippen LogP contribution >= 0.6 is 0 Å². The molecule has 50 heavy (non-hydrogen) atoms. The van der Waals surface area contributed by atoms with Crippen LogP contribution in [0.3, 0.4) is 0 Å². The summed E-state index contributed by atoms with van der Waals surface area (Å²) in [6, 6.07) is 74.1. The summed E-state index contributed by atoms with van der Waals surface area (Å²) < 4.78 is 0. The average molecular weight is 639 g/mol. The lowest BCUT2D eigenvalue weighted by molar-refractivity contribution is 1.29. The lowest BCUT2D eigenvalue weighted by Crippen LogP contribution is -2.10. The Morgan fingerprint density at radius 3 is 1.44 bits per heavy atom. The molecular formula is C48H34N2. The zero-order chi connectivity index (χ0) is 33.3. The molecule has 9 rings (SSSR count). The molecule has 0 atom stereocenters. The maximum Gasteiger partial charge on any atom is 0.0540 e. The zero-order valence-electron chi connectivity index (χ0n) is 27.5. The fourth-order valence-corrected chi connectivity index (χ4v) is 7.10. The van der Waals surface area contributed by atoms with Crippen LogP contribution in [0.4, 0.5) is 34.1 Å². The summed E-state index contributed by atoms with van der Waals surface area (Å²) in [6.45, 7) is 0. The molecule has 0 unspecified atom stereocenters. The summed E-state index contributed by atoms with van der Waals surface area (Å²) in [4.78, 5) is 4.69. The molecule has 236 valence electrons. The third-order valence-electron chi connectivity index (χ3n) is 9.57. The van der Waals surface area contributed by atoms with E-state index in [1.165, 1.54) is 49.1 Å². The molecule has 0 spiro atoms. The molecule has 9 aromatic rings. The summed E-state index contributed by atoms with van der Waals surface area (Å²) in [5.41, 5.74) is 9.20. The molecule has 2 nitrogen and oxygen atoms in total. The van der Waals surface area contributed by atoms with Gasteiger partial charge >= 0.3 is 0 Å². The first-order valence-corrected chi connectivity index (χ1v) is 17.1. The van der Waals surface area contributed by atoms with Crippen LogP contribution in [0.5, 0.6) is 0 Å². The van der Waals surface area contributed by atoms with E-state index in [0.29, 0.717) is 0 Å². The van der Waals surface area contributed by atoms with Crippen molar-refractivity contribution < 1.29 is 0 Å². The van der Waals surface area contributed by atoms with E-state index >= 15 is 0 Å². The van der Waals surface area contributed by atoms with Crippen LogP contribution in [-0.2, 0) is 0 Å². The van der Waals surface area contributed by atoms with Gasteiger partial charge in [-0.1, -0.05) is 133 Å². The Hall–Kier alpha value is -6.64. The molecule has 0 N–H and O–H groups in total. The molecule has 0 saturated heterocycles. The third-order valence-corrected chi connectivity index (χ3v) is 9.57. The predicted octanol–water partition coefficient (Wildman–Crippen LogP) is 13.8. The molecule has 0 aromatic heterocycles. The summed E-state index contributed by atoms with van der Waals surface area (Å²) in [7, 11) is 0. The molecule has 0 saturated carbocycles. The van der Waals surface area contributed by atoms with Gasteiger partial charge in [-0.3, -0.25) is 0 Å². The third kappa shape index (κ3) is 5.53. The van der Waals surface area contributed by atoms with E-state index in [1.54, 1.807) is 0 Å². The van der Waals surface area contributed by atoms with Crippen molar-refractivity contribution in [1.29, 1.82) is 0 Å². The van der Waals surface area contributed by atoms with Crippen LogP contribution in [0.2, 0.25) is 0 Å². The van der Waals surface area contributed by atoms with Crippen molar-refractivity contribution in [3.8, 4) is 11.1 Å². The molecule has 0 aliphatic heterocycles. The standard InChI is InChI=1S/C48H34N2/c1-3-16-42(17-4-1)49(45-30-26-35-12-7-8-14-38(35)33-45)44-28-24-36(25-29-44)39-22-23-41-34-46(31-27-40(41)32-39)50(43-18-5-2-6-19-43)48-21-11-15-37-13-9-10-20-47(37)48/h1-34H. The normalized spacial score (nSPS) is 11.2. The molecule has 0 radical (unpaired) electrons. The van der Waals surface area contributed by atoms with Gasteiger partial charge in [-0.05, 0) is 111 Å². The molecule has 0 heterocycles. The SMILES string of the molecule is c1ccc(N(c2ccc(-c3ccc4cc(N(c5ccccc5)c5cccc6ccccc56)ccc4c3)cc2)c2ccc3ccccc3c2)cc1. The van der Waals surface area contributed by atoms with Crippen molar-refractivity contribution >= 4 is 66.4 Å². The maximum absolute atomic E-state index is 2.36. The molecule has 0 amide bonds. The molecule has 0 bridgehead atoms. The Balaban J connectivity index is 1.07. The van der Waals surface area contributed by atoms with Gasteiger partial charge in [0.25, 0.3) is 0 Å².